The number of rotatable bonds is 3. The van der Waals surface area contributed by atoms with Crippen molar-refractivity contribution in [2.75, 3.05) is 6.54 Å². The second-order valence-electron chi connectivity index (χ2n) is 3.40. The first kappa shape index (κ1) is 8.63. The van der Waals surface area contributed by atoms with E-state index in [9.17, 15) is 0 Å². The van der Waals surface area contributed by atoms with Crippen LogP contribution in [-0.4, -0.2) is 17.5 Å². The first-order valence-corrected chi connectivity index (χ1v) is 4.77. The molecule has 0 aromatic heterocycles. The molecule has 0 saturated heterocycles. The van der Waals surface area contributed by atoms with Crippen molar-refractivity contribution in [3.8, 4) is 0 Å². The van der Waals surface area contributed by atoms with Gasteiger partial charge >= 0.3 is 0 Å². The molecule has 0 aromatic carbocycles. The monoisotopic (exact) mass is 153 g/mol. The molecule has 64 valence electrons. The third-order valence-corrected chi connectivity index (χ3v) is 2.36. The molecular weight excluding hydrogens is 134 g/mol. The molecule has 0 fully saturated rings. The zero-order valence-corrected chi connectivity index (χ0v) is 7.71. The van der Waals surface area contributed by atoms with Crippen molar-refractivity contribution in [3.63, 3.8) is 0 Å². The summed E-state index contributed by atoms with van der Waals surface area (Å²) in [6.45, 7) is 5.83. The Hall–Kier alpha value is -0.460. The Morgan fingerprint density at radius 3 is 2.91 bits per heavy atom. The van der Waals surface area contributed by atoms with Crippen LogP contribution in [0.15, 0.2) is 12.3 Å². The topological polar surface area (TPSA) is 3.24 Å². The van der Waals surface area contributed by atoms with Crippen LogP contribution in [0.1, 0.15) is 39.5 Å². The lowest BCUT2D eigenvalue weighted by atomic mass is 10.1. The molecule has 1 nitrogen and oxygen atoms in total. The molecule has 0 saturated carbocycles. The van der Waals surface area contributed by atoms with Crippen LogP contribution >= 0.6 is 0 Å². The van der Waals surface area contributed by atoms with E-state index in [1.807, 2.05) is 0 Å². The van der Waals surface area contributed by atoms with Crippen molar-refractivity contribution >= 4 is 0 Å². The van der Waals surface area contributed by atoms with Gasteiger partial charge < -0.3 is 4.90 Å². The summed E-state index contributed by atoms with van der Waals surface area (Å²) in [6.07, 6.45) is 9.79. The molecule has 1 aliphatic rings. The molecule has 1 aliphatic heterocycles. The van der Waals surface area contributed by atoms with Crippen LogP contribution in [-0.2, 0) is 0 Å². The summed E-state index contributed by atoms with van der Waals surface area (Å²) in [5, 5.41) is 0. The average Bonchev–Trinajstić information content (AvgIpc) is 2.07. The van der Waals surface area contributed by atoms with E-state index < -0.39 is 0 Å². The maximum Gasteiger partial charge on any atom is 0.0255 e. The molecule has 1 unspecified atom stereocenters. The van der Waals surface area contributed by atoms with E-state index in [4.69, 9.17) is 0 Å². The molecule has 0 N–H and O–H groups in total. The first-order chi connectivity index (χ1) is 5.34. The lowest BCUT2D eigenvalue weighted by Gasteiger charge is -2.29. The smallest absolute Gasteiger partial charge is 0.0255 e. The Kier molecular flexibility index (Phi) is 3.47. The summed E-state index contributed by atoms with van der Waals surface area (Å²) in [5.41, 5.74) is 0. The van der Waals surface area contributed by atoms with Crippen LogP contribution in [0.4, 0.5) is 0 Å². The summed E-state index contributed by atoms with van der Waals surface area (Å²) < 4.78 is 0. The van der Waals surface area contributed by atoms with E-state index in [2.05, 4.69) is 31.0 Å². The predicted molar refractivity (Wildman–Crippen MR) is 49.5 cm³/mol. The summed E-state index contributed by atoms with van der Waals surface area (Å²) >= 11 is 0. The van der Waals surface area contributed by atoms with E-state index >= 15 is 0 Å². The van der Waals surface area contributed by atoms with Gasteiger partial charge in [0.05, 0.1) is 0 Å². The number of allylic oxidation sites excluding steroid dienone is 1. The SMILES string of the molecule is CCCC(C)N1C=CCCC1. The maximum atomic E-state index is 2.47. The van der Waals surface area contributed by atoms with Gasteiger partial charge in [-0.3, -0.25) is 0 Å². The third-order valence-electron chi connectivity index (χ3n) is 2.36. The Bertz CT molecular complexity index is 129. The molecule has 1 heterocycles. The third kappa shape index (κ3) is 2.57. The number of hydrogen-bond donors (Lipinski definition) is 0. The van der Waals surface area contributed by atoms with Crippen LogP contribution in [0.3, 0.4) is 0 Å². The van der Waals surface area contributed by atoms with Gasteiger partial charge in [0.2, 0.25) is 0 Å². The van der Waals surface area contributed by atoms with Crippen molar-refractivity contribution in [3.05, 3.63) is 12.3 Å². The Morgan fingerprint density at radius 2 is 2.36 bits per heavy atom. The lowest BCUT2D eigenvalue weighted by molar-refractivity contribution is 0.265. The van der Waals surface area contributed by atoms with Gasteiger partial charge in [0.25, 0.3) is 0 Å². The van der Waals surface area contributed by atoms with E-state index in [0.29, 0.717) is 0 Å². The highest BCUT2D eigenvalue weighted by Gasteiger charge is 2.09. The predicted octanol–water partition coefficient (Wildman–Crippen LogP) is 2.78. The van der Waals surface area contributed by atoms with Crippen molar-refractivity contribution in [2.24, 2.45) is 0 Å². The molecule has 0 radical (unpaired) electrons. The van der Waals surface area contributed by atoms with Crippen molar-refractivity contribution < 1.29 is 0 Å². The molecule has 1 rings (SSSR count). The van der Waals surface area contributed by atoms with Crippen molar-refractivity contribution in [2.45, 2.75) is 45.6 Å². The van der Waals surface area contributed by atoms with Crippen LogP contribution in [0.5, 0.6) is 0 Å². The Balaban J connectivity index is 2.32. The zero-order valence-electron chi connectivity index (χ0n) is 7.71. The highest BCUT2D eigenvalue weighted by Crippen LogP contribution is 2.12. The second-order valence-corrected chi connectivity index (χ2v) is 3.40. The van der Waals surface area contributed by atoms with Gasteiger partial charge in [-0.1, -0.05) is 19.4 Å². The fourth-order valence-electron chi connectivity index (χ4n) is 1.63. The van der Waals surface area contributed by atoms with E-state index in [1.54, 1.807) is 0 Å². The zero-order chi connectivity index (χ0) is 8.10. The average molecular weight is 153 g/mol. The molecule has 1 heteroatoms. The lowest BCUT2D eigenvalue weighted by Crippen LogP contribution is -2.30. The van der Waals surface area contributed by atoms with Crippen LogP contribution in [0, 0.1) is 0 Å². The van der Waals surface area contributed by atoms with E-state index in [-0.39, 0.29) is 0 Å². The van der Waals surface area contributed by atoms with Crippen molar-refractivity contribution in [1.29, 1.82) is 0 Å². The van der Waals surface area contributed by atoms with Crippen LogP contribution < -0.4 is 0 Å². The highest BCUT2D eigenvalue weighted by atomic mass is 15.1. The summed E-state index contributed by atoms with van der Waals surface area (Å²) in [4.78, 5) is 2.47. The van der Waals surface area contributed by atoms with Gasteiger partial charge in [-0.2, -0.15) is 0 Å². The number of hydrogen-bond acceptors (Lipinski definition) is 1. The molecule has 0 spiro atoms. The van der Waals surface area contributed by atoms with Gasteiger partial charge in [-0.05, 0) is 32.4 Å². The van der Waals surface area contributed by atoms with Gasteiger partial charge in [0.15, 0.2) is 0 Å². The molecule has 0 aliphatic carbocycles. The van der Waals surface area contributed by atoms with Crippen LogP contribution in [0.2, 0.25) is 0 Å². The molecule has 11 heavy (non-hydrogen) atoms. The summed E-state index contributed by atoms with van der Waals surface area (Å²) in [7, 11) is 0. The fraction of sp³-hybridized carbons (Fsp3) is 0.800. The fourth-order valence-corrected chi connectivity index (χ4v) is 1.63. The maximum absolute atomic E-state index is 2.47. The largest absolute Gasteiger partial charge is 0.375 e. The standard InChI is InChI=1S/C10H19N/c1-3-7-10(2)11-8-5-4-6-9-11/h5,8,10H,3-4,6-7,9H2,1-2H3. The summed E-state index contributed by atoms with van der Waals surface area (Å²) in [6, 6.07) is 0.747. The minimum atomic E-state index is 0.747. The molecule has 0 aromatic rings. The Labute approximate surface area is 70.1 Å². The minimum absolute atomic E-state index is 0.747. The van der Waals surface area contributed by atoms with Gasteiger partial charge in [0.1, 0.15) is 0 Å². The van der Waals surface area contributed by atoms with Gasteiger partial charge in [-0.15, -0.1) is 0 Å². The van der Waals surface area contributed by atoms with Gasteiger partial charge in [-0.25, -0.2) is 0 Å². The number of nitrogens with zero attached hydrogens (tertiary/aromatic N) is 1. The molecule has 1 atom stereocenters. The van der Waals surface area contributed by atoms with Gasteiger partial charge in [0, 0.05) is 12.6 Å². The quantitative estimate of drug-likeness (QED) is 0.602. The van der Waals surface area contributed by atoms with Crippen LogP contribution in [0.25, 0.3) is 0 Å². The highest BCUT2D eigenvalue weighted by molar-refractivity contribution is 4.89. The van der Waals surface area contributed by atoms with E-state index in [0.717, 1.165) is 6.04 Å². The molecule has 0 amide bonds. The Morgan fingerprint density at radius 1 is 1.55 bits per heavy atom. The minimum Gasteiger partial charge on any atom is -0.375 e. The first-order valence-electron chi connectivity index (χ1n) is 4.77. The molecule has 0 bridgehead atoms. The summed E-state index contributed by atoms with van der Waals surface area (Å²) in [5.74, 6) is 0. The van der Waals surface area contributed by atoms with E-state index in [1.165, 1.54) is 32.2 Å². The van der Waals surface area contributed by atoms with Crippen molar-refractivity contribution in [1.82, 2.24) is 4.90 Å². The molecular formula is C10H19N. The second kappa shape index (κ2) is 4.42. The normalized spacial score (nSPS) is 20.4.